The van der Waals surface area contributed by atoms with E-state index in [9.17, 15) is 9.59 Å². The average molecular weight is 897 g/mol. The van der Waals surface area contributed by atoms with Crippen molar-refractivity contribution in [1.29, 1.82) is 0 Å². The predicted octanol–water partition coefficient (Wildman–Crippen LogP) is 7.63. The third kappa shape index (κ3) is 15.3. The molecule has 14 heteroatoms. The fourth-order valence-corrected chi connectivity index (χ4v) is 9.22. The van der Waals surface area contributed by atoms with Crippen LogP contribution in [0, 0.1) is 0 Å². The Morgan fingerprint density at radius 3 is 1.27 bits per heavy atom. The van der Waals surface area contributed by atoms with Crippen LogP contribution in [0.25, 0.3) is 0 Å². The van der Waals surface area contributed by atoms with E-state index in [0.717, 1.165) is 62.7 Å². The molecule has 4 aliphatic rings. The van der Waals surface area contributed by atoms with Gasteiger partial charge in [-0.3, -0.25) is 9.59 Å². The summed E-state index contributed by atoms with van der Waals surface area (Å²) in [4.78, 5) is 25.5. The van der Waals surface area contributed by atoms with E-state index in [1.165, 1.54) is 25.7 Å². The SMILES string of the molecule is CCOC(=O)CC(NCCCCCCCCCCCCNC(CC(=O)OCC)C1O[C@@H]2OC(C)(C)O[C@@H]2[C@H]1OCc1ccccc1)C1O[C@H]2OC(C)(C)O[C@H]2[C@@H]1OCc1ccccc1. The standard InChI is InChI=1S/C50H76N2O12/c1-7-55-39(53)31-37(41-43(57-33-35-25-19-17-20-26-35)45-47(59-41)63-49(3,4)61-45)51-29-23-15-13-11-9-10-12-14-16-24-30-52-38(32-40(54)56-8-2)42-44(58-34-36-27-21-18-22-28-36)46-48(60-42)64-50(5,6)62-46/h17-22,25-28,37-38,41-48,51-52H,7-16,23-24,29-34H2,1-6H3/t37?,38?,41?,42?,43-,44+,45+,46-,47+,48-. The van der Waals surface area contributed by atoms with Crippen LogP contribution in [0.5, 0.6) is 0 Å². The molecule has 0 aliphatic carbocycles. The van der Waals surface area contributed by atoms with Gasteiger partial charge in [-0.2, -0.15) is 0 Å². The van der Waals surface area contributed by atoms with Crippen molar-refractivity contribution in [3.8, 4) is 0 Å². The van der Waals surface area contributed by atoms with Crippen molar-refractivity contribution in [2.45, 2.75) is 205 Å². The molecular weight excluding hydrogens is 821 g/mol. The quantitative estimate of drug-likeness (QED) is 0.0609. The minimum atomic E-state index is -0.784. The molecule has 358 valence electrons. The maximum atomic E-state index is 12.8. The zero-order chi connectivity index (χ0) is 45.4. The summed E-state index contributed by atoms with van der Waals surface area (Å²) in [5, 5.41) is 7.24. The van der Waals surface area contributed by atoms with E-state index >= 15 is 0 Å². The molecular formula is C50H76N2O12. The van der Waals surface area contributed by atoms with Gasteiger partial charge in [0.05, 0.1) is 39.3 Å². The molecule has 0 radical (unpaired) electrons. The first-order valence-electron chi connectivity index (χ1n) is 24.1. The summed E-state index contributed by atoms with van der Waals surface area (Å²) in [6, 6.07) is 19.4. The number of hydrogen-bond acceptors (Lipinski definition) is 14. The van der Waals surface area contributed by atoms with Gasteiger partial charge in [0.2, 0.25) is 0 Å². The Morgan fingerprint density at radius 2 is 0.906 bits per heavy atom. The van der Waals surface area contributed by atoms with E-state index < -0.39 is 60.8 Å². The number of carbonyl (C=O) groups excluding carboxylic acids is 2. The van der Waals surface area contributed by atoms with Gasteiger partial charge in [-0.15, -0.1) is 0 Å². The minimum Gasteiger partial charge on any atom is -0.466 e. The summed E-state index contributed by atoms with van der Waals surface area (Å²) in [6.45, 7) is 14.1. The van der Waals surface area contributed by atoms with Crippen LogP contribution >= 0.6 is 0 Å². The second-order valence-corrected chi connectivity index (χ2v) is 18.3. The lowest BCUT2D eigenvalue weighted by Gasteiger charge is -2.31. The number of rotatable bonds is 29. The Kier molecular flexibility index (Phi) is 19.8. The Morgan fingerprint density at radius 1 is 0.547 bits per heavy atom. The van der Waals surface area contributed by atoms with E-state index in [1.54, 1.807) is 0 Å². The largest absolute Gasteiger partial charge is 0.466 e. The monoisotopic (exact) mass is 897 g/mol. The Balaban J connectivity index is 0.876. The molecule has 4 unspecified atom stereocenters. The van der Waals surface area contributed by atoms with Crippen molar-refractivity contribution in [2.75, 3.05) is 26.3 Å². The third-order valence-corrected chi connectivity index (χ3v) is 12.2. The normalized spacial score (nSPS) is 27.5. The van der Waals surface area contributed by atoms with Gasteiger partial charge in [0, 0.05) is 12.1 Å². The average Bonchev–Trinajstić information content (AvgIpc) is 3.96. The van der Waals surface area contributed by atoms with Gasteiger partial charge in [-0.25, -0.2) is 0 Å². The summed E-state index contributed by atoms with van der Waals surface area (Å²) >= 11 is 0. The smallest absolute Gasteiger partial charge is 0.307 e. The molecule has 14 nitrogen and oxygen atoms in total. The second kappa shape index (κ2) is 25.2. The van der Waals surface area contributed by atoms with E-state index in [2.05, 4.69) is 10.6 Å². The van der Waals surface area contributed by atoms with Crippen LogP contribution in [-0.2, 0) is 70.2 Å². The number of ether oxygens (including phenoxy) is 10. The maximum Gasteiger partial charge on any atom is 0.307 e. The first-order valence-corrected chi connectivity index (χ1v) is 24.1. The van der Waals surface area contributed by atoms with Gasteiger partial charge in [0.15, 0.2) is 24.2 Å². The van der Waals surface area contributed by atoms with Gasteiger partial charge in [0.1, 0.15) is 36.6 Å². The lowest BCUT2D eigenvalue weighted by molar-refractivity contribution is -0.223. The number of benzene rings is 2. The fourth-order valence-electron chi connectivity index (χ4n) is 9.22. The number of esters is 2. The summed E-state index contributed by atoms with van der Waals surface area (Å²) < 4.78 is 61.3. The molecule has 6 rings (SSSR count). The zero-order valence-electron chi connectivity index (χ0n) is 39.2. The molecule has 2 aromatic rings. The van der Waals surface area contributed by atoms with Gasteiger partial charge >= 0.3 is 11.9 Å². The minimum absolute atomic E-state index is 0.167. The van der Waals surface area contributed by atoms with Crippen LogP contribution in [0.2, 0.25) is 0 Å². The zero-order valence-corrected chi connectivity index (χ0v) is 39.2. The molecule has 4 fully saturated rings. The van der Waals surface area contributed by atoms with E-state index in [0.29, 0.717) is 26.4 Å². The predicted molar refractivity (Wildman–Crippen MR) is 240 cm³/mol. The molecule has 10 atom stereocenters. The van der Waals surface area contributed by atoms with Crippen LogP contribution in [0.1, 0.15) is 130 Å². The number of carbonyl (C=O) groups is 2. The number of hydrogen-bond donors (Lipinski definition) is 2. The van der Waals surface area contributed by atoms with Gasteiger partial charge < -0.3 is 58.0 Å². The molecule has 0 amide bonds. The van der Waals surface area contributed by atoms with Crippen molar-refractivity contribution in [1.82, 2.24) is 10.6 Å². The summed E-state index contributed by atoms with van der Waals surface area (Å²) in [6.07, 6.45) is 7.94. The fraction of sp³-hybridized carbons (Fsp3) is 0.720. The first-order chi connectivity index (χ1) is 30.9. The van der Waals surface area contributed by atoms with E-state index in [1.807, 2.05) is 102 Å². The van der Waals surface area contributed by atoms with Crippen LogP contribution in [0.15, 0.2) is 60.7 Å². The van der Waals surface area contributed by atoms with Crippen molar-refractivity contribution in [3.63, 3.8) is 0 Å². The van der Waals surface area contributed by atoms with E-state index in [-0.39, 0.29) is 36.9 Å². The number of unbranched alkanes of at least 4 members (excludes halogenated alkanes) is 9. The first kappa shape index (κ1) is 50.4. The summed E-state index contributed by atoms with van der Waals surface area (Å²) in [7, 11) is 0. The molecule has 0 saturated carbocycles. The second-order valence-electron chi connectivity index (χ2n) is 18.3. The maximum absolute atomic E-state index is 12.8. The summed E-state index contributed by atoms with van der Waals surface area (Å²) in [5.74, 6) is -2.11. The topological polar surface area (TPSA) is 150 Å². The molecule has 2 aromatic carbocycles. The molecule has 4 saturated heterocycles. The van der Waals surface area contributed by atoms with E-state index in [4.69, 9.17) is 47.4 Å². The highest BCUT2D eigenvalue weighted by atomic mass is 16.9. The van der Waals surface area contributed by atoms with Crippen molar-refractivity contribution in [3.05, 3.63) is 71.8 Å². The van der Waals surface area contributed by atoms with Crippen LogP contribution < -0.4 is 10.6 Å². The molecule has 4 heterocycles. The van der Waals surface area contributed by atoms with Crippen molar-refractivity contribution in [2.24, 2.45) is 0 Å². The highest BCUT2D eigenvalue weighted by Crippen LogP contribution is 2.42. The summed E-state index contributed by atoms with van der Waals surface area (Å²) in [5.41, 5.74) is 2.10. The van der Waals surface area contributed by atoms with Crippen LogP contribution in [-0.4, -0.2) is 111 Å². The van der Waals surface area contributed by atoms with Gasteiger partial charge in [-0.1, -0.05) is 112 Å². The number of nitrogens with one attached hydrogen (secondary N) is 2. The lowest BCUT2D eigenvalue weighted by Crippen LogP contribution is -2.50. The molecule has 0 aromatic heterocycles. The molecule has 4 aliphatic heterocycles. The van der Waals surface area contributed by atoms with Gasteiger partial charge in [0.25, 0.3) is 0 Å². The molecule has 2 N–H and O–H groups in total. The highest BCUT2D eigenvalue weighted by molar-refractivity contribution is 5.70. The Hall–Kier alpha value is -3.02. The third-order valence-electron chi connectivity index (χ3n) is 12.2. The van der Waals surface area contributed by atoms with Crippen molar-refractivity contribution >= 4 is 11.9 Å². The van der Waals surface area contributed by atoms with Crippen LogP contribution in [0.3, 0.4) is 0 Å². The molecule has 0 spiro atoms. The Labute approximate surface area is 381 Å². The highest BCUT2D eigenvalue weighted by Gasteiger charge is 2.58. The number of fused-ring (bicyclic) bond motifs is 2. The van der Waals surface area contributed by atoms with Crippen LogP contribution in [0.4, 0.5) is 0 Å². The Bertz CT molecular complexity index is 1540. The molecule has 64 heavy (non-hydrogen) atoms. The van der Waals surface area contributed by atoms with Crippen molar-refractivity contribution < 1.29 is 57.0 Å². The molecule has 0 bridgehead atoms. The lowest BCUT2D eigenvalue weighted by atomic mass is 9.99. The van der Waals surface area contributed by atoms with Gasteiger partial charge in [-0.05, 0) is 78.6 Å².